The second-order valence-electron chi connectivity index (χ2n) is 4.40. The second kappa shape index (κ2) is 4.28. The molecule has 0 spiro atoms. The number of hydrogen-bond donors (Lipinski definition) is 0. The Morgan fingerprint density at radius 2 is 1.88 bits per heavy atom. The fourth-order valence-electron chi connectivity index (χ4n) is 2.28. The predicted octanol–water partition coefficient (Wildman–Crippen LogP) is 1.45. The summed E-state index contributed by atoms with van der Waals surface area (Å²) in [5, 5.41) is 0. The lowest BCUT2D eigenvalue weighted by Crippen LogP contribution is -2.45. The first-order chi connectivity index (χ1) is 8.34. The second-order valence-corrected chi connectivity index (χ2v) is 4.40. The Morgan fingerprint density at radius 1 is 1.18 bits per heavy atom. The fourth-order valence-corrected chi connectivity index (χ4v) is 2.28. The zero-order chi connectivity index (χ0) is 11.7. The summed E-state index contributed by atoms with van der Waals surface area (Å²) < 4.78 is 11.2. The van der Waals surface area contributed by atoms with Crippen LogP contribution in [0.3, 0.4) is 0 Å². The van der Waals surface area contributed by atoms with Gasteiger partial charge in [-0.2, -0.15) is 0 Å². The SMILES string of the molecule is O=C([C@H]1COc2ccccc2O1)N1CCCC1. The van der Waals surface area contributed by atoms with Crippen molar-refractivity contribution >= 4 is 5.91 Å². The summed E-state index contributed by atoms with van der Waals surface area (Å²) in [4.78, 5) is 14.0. The lowest BCUT2D eigenvalue weighted by atomic mass is 10.2. The molecule has 1 aromatic carbocycles. The Bertz CT molecular complexity index is 426. The van der Waals surface area contributed by atoms with Crippen molar-refractivity contribution in [1.82, 2.24) is 4.90 Å². The first kappa shape index (κ1) is 10.4. The molecule has 1 fully saturated rings. The normalized spacial score (nSPS) is 22.6. The van der Waals surface area contributed by atoms with Crippen LogP contribution in [0, 0.1) is 0 Å². The van der Waals surface area contributed by atoms with Gasteiger partial charge in [-0.05, 0) is 25.0 Å². The molecule has 17 heavy (non-hydrogen) atoms. The van der Waals surface area contributed by atoms with E-state index in [-0.39, 0.29) is 5.91 Å². The number of ether oxygens (including phenoxy) is 2. The largest absolute Gasteiger partial charge is 0.485 e. The molecule has 3 rings (SSSR count). The van der Waals surface area contributed by atoms with Crippen molar-refractivity contribution in [3.05, 3.63) is 24.3 Å². The lowest BCUT2D eigenvalue weighted by molar-refractivity contribution is -0.140. The van der Waals surface area contributed by atoms with Crippen LogP contribution in [-0.2, 0) is 4.79 Å². The lowest BCUT2D eigenvalue weighted by Gasteiger charge is -2.28. The Morgan fingerprint density at radius 3 is 2.65 bits per heavy atom. The molecule has 2 aliphatic rings. The smallest absolute Gasteiger partial charge is 0.267 e. The van der Waals surface area contributed by atoms with Crippen LogP contribution in [-0.4, -0.2) is 36.6 Å². The summed E-state index contributed by atoms with van der Waals surface area (Å²) in [6, 6.07) is 7.46. The molecule has 4 heteroatoms. The minimum absolute atomic E-state index is 0.0528. The summed E-state index contributed by atoms with van der Waals surface area (Å²) in [6.07, 6.45) is 1.70. The van der Waals surface area contributed by atoms with E-state index >= 15 is 0 Å². The van der Waals surface area contributed by atoms with E-state index in [2.05, 4.69) is 0 Å². The van der Waals surface area contributed by atoms with Crippen molar-refractivity contribution in [2.75, 3.05) is 19.7 Å². The van der Waals surface area contributed by atoms with Crippen LogP contribution in [0.5, 0.6) is 11.5 Å². The monoisotopic (exact) mass is 233 g/mol. The Kier molecular flexibility index (Phi) is 2.63. The van der Waals surface area contributed by atoms with Crippen molar-refractivity contribution in [2.45, 2.75) is 18.9 Å². The van der Waals surface area contributed by atoms with Crippen molar-refractivity contribution in [3.63, 3.8) is 0 Å². The van der Waals surface area contributed by atoms with Gasteiger partial charge in [-0.1, -0.05) is 12.1 Å². The number of rotatable bonds is 1. The van der Waals surface area contributed by atoms with Crippen molar-refractivity contribution < 1.29 is 14.3 Å². The minimum atomic E-state index is -0.483. The molecule has 0 N–H and O–H groups in total. The summed E-state index contributed by atoms with van der Waals surface area (Å²) in [6.45, 7) is 2.01. The number of carbonyl (C=O) groups excluding carboxylic acids is 1. The molecule has 0 aliphatic carbocycles. The van der Waals surface area contributed by atoms with Gasteiger partial charge in [0.15, 0.2) is 11.5 Å². The molecule has 1 amide bonds. The third-order valence-electron chi connectivity index (χ3n) is 3.20. The molecule has 0 aromatic heterocycles. The Labute approximate surface area is 100 Å². The summed E-state index contributed by atoms with van der Waals surface area (Å²) in [5.41, 5.74) is 0. The number of amides is 1. The van der Waals surface area contributed by atoms with Gasteiger partial charge in [0.25, 0.3) is 5.91 Å². The van der Waals surface area contributed by atoms with Crippen LogP contribution in [0.25, 0.3) is 0 Å². The maximum absolute atomic E-state index is 12.1. The third kappa shape index (κ3) is 1.95. The van der Waals surface area contributed by atoms with Crippen LogP contribution < -0.4 is 9.47 Å². The van der Waals surface area contributed by atoms with Gasteiger partial charge >= 0.3 is 0 Å². The molecule has 0 radical (unpaired) electrons. The molecule has 1 atom stereocenters. The van der Waals surface area contributed by atoms with Crippen molar-refractivity contribution in [1.29, 1.82) is 0 Å². The molecule has 4 nitrogen and oxygen atoms in total. The average molecular weight is 233 g/mol. The van der Waals surface area contributed by atoms with Crippen LogP contribution >= 0.6 is 0 Å². The van der Waals surface area contributed by atoms with E-state index in [1.807, 2.05) is 29.2 Å². The standard InChI is InChI=1S/C13H15NO3/c15-13(14-7-3-4-8-14)12-9-16-10-5-1-2-6-11(10)17-12/h1-2,5-6,12H,3-4,7-9H2/t12-/m1/s1. The fraction of sp³-hybridized carbons (Fsp3) is 0.462. The molecule has 1 aromatic rings. The first-order valence-corrected chi connectivity index (χ1v) is 6.02. The molecule has 2 heterocycles. The van der Waals surface area contributed by atoms with Gasteiger partial charge in [0.1, 0.15) is 6.61 Å². The van der Waals surface area contributed by atoms with Gasteiger partial charge in [0.05, 0.1) is 0 Å². The maximum atomic E-state index is 12.1. The number of para-hydroxylation sites is 2. The van der Waals surface area contributed by atoms with Gasteiger partial charge in [0.2, 0.25) is 6.10 Å². The summed E-state index contributed by atoms with van der Waals surface area (Å²) in [5.74, 6) is 1.44. The molecular formula is C13H15NO3. The highest BCUT2D eigenvalue weighted by Crippen LogP contribution is 2.31. The van der Waals surface area contributed by atoms with E-state index in [0.29, 0.717) is 12.4 Å². The van der Waals surface area contributed by atoms with Crippen LogP contribution in [0.1, 0.15) is 12.8 Å². The topological polar surface area (TPSA) is 38.8 Å². The van der Waals surface area contributed by atoms with E-state index in [9.17, 15) is 4.79 Å². The van der Waals surface area contributed by atoms with E-state index in [1.54, 1.807) is 0 Å². The zero-order valence-electron chi connectivity index (χ0n) is 9.59. The van der Waals surface area contributed by atoms with Crippen LogP contribution in [0.4, 0.5) is 0 Å². The number of benzene rings is 1. The van der Waals surface area contributed by atoms with E-state index in [4.69, 9.17) is 9.47 Å². The van der Waals surface area contributed by atoms with Crippen LogP contribution in [0.2, 0.25) is 0 Å². The summed E-state index contributed by atoms with van der Waals surface area (Å²) >= 11 is 0. The molecule has 2 aliphatic heterocycles. The van der Waals surface area contributed by atoms with Crippen LogP contribution in [0.15, 0.2) is 24.3 Å². The minimum Gasteiger partial charge on any atom is -0.485 e. The third-order valence-corrected chi connectivity index (χ3v) is 3.20. The van der Waals surface area contributed by atoms with Gasteiger partial charge in [-0.15, -0.1) is 0 Å². The number of carbonyl (C=O) groups is 1. The molecule has 1 saturated heterocycles. The van der Waals surface area contributed by atoms with Crippen molar-refractivity contribution in [3.8, 4) is 11.5 Å². The van der Waals surface area contributed by atoms with Gasteiger partial charge in [0, 0.05) is 13.1 Å². The van der Waals surface area contributed by atoms with Gasteiger partial charge in [-0.25, -0.2) is 0 Å². The zero-order valence-corrected chi connectivity index (χ0v) is 9.59. The predicted molar refractivity (Wildman–Crippen MR) is 62.2 cm³/mol. The first-order valence-electron chi connectivity index (χ1n) is 6.02. The van der Waals surface area contributed by atoms with E-state index in [0.717, 1.165) is 31.7 Å². The van der Waals surface area contributed by atoms with Gasteiger partial charge in [-0.3, -0.25) is 4.79 Å². The molecule has 90 valence electrons. The highest BCUT2D eigenvalue weighted by atomic mass is 16.6. The number of nitrogens with zero attached hydrogens (tertiary/aromatic N) is 1. The van der Waals surface area contributed by atoms with Gasteiger partial charge < -0.3 is 14.4 Å². The Balaban J connectivity index is 1.73. The molecular weight excluding hydrogens is 218 g/mol. The highest BCUT2D eigenvalue weighted by Gasteiger charge is 2.31. The molecule has 0 bridgehead atoms. The molecule has 0 saturated carbocycles. The van der Waals surface area contributed by atoms with E-state index in [1.165, 1.54) is 0 Å². The highest BCUT2D eigenvalue weighted by molar-refractivity contribution is 5.82. The quantitative estimate of drug-likeness (QED) is 0.737. The maximum Gasteiger partial charge on any atom is 0.267 e. The average Bonchev–Trinajstić information content (AvgIpc) is 2.91. The molecule has 0 unspecified atom stereocenters. The van der Waals surface area contributed by atoms with Crippen molar-refractivity contribution in [2.24, 2.45) is 0 Å². The summed E-state index contributed by atoms with van der Waals surface area (Å²) in [7, 11) is 0. The van der Waals surface area contributed by atoms with E-state index < -0.39 is 6.10 Å². The number of hydrogen-bond acceptors (Lipinski definition) is 3. The number of fused-ring (bicyclic) bond motifs is 1. The Hall–Kier alpha value is -1.71. The number of likely N-dealkylation sites (tertiary alicyclic amines) is 1.